The molecule has 0 saturated heterocycles. The van der Waals surface area contributed by atoms with Gasteiger partial charge in [-0.05, 0) is 46.1 Å². The predicted molar refractivity (Wildman–Crippen MR) is 75.5 cm³/mol. The Kier molecular flexibility index (Phi) is 4.23. The van der Waals surface area contributed by atoms with Gasteiger partial charge in [-0.2, -0.15) is 0 Å². The van der Waals surface area contributed by atoms with E-state index in [1.165, 1.54) is 10.9 Å². The van der Waals surface area contributed by atoms with E-state index in [0.717, 1.165) is 16.9 Å². The van der Waals surface area contributed by atoms with E-state index < -0.39 is 0 Å². The number of rotatable bonds is 3. The van der Waals surface area contributed by atoms with Gasteiger partial charge in [0.05, 0.1) is 9.85 Å². The van der Waals surface area contributed by atoms with Crippen LogP contribution in [-0.2, 0) is 6.42 Å². The van der Waals surface area contributed by atoms with Gasteiger partial charge in [0.2, 0.25) is 0 Å². The van der Waals surface area contributed by atoms with Crippen LogP contribution in [0.1, 0.15) is 27.6 Å². The van der Waals surface area contributed by atoms with Gasteiger partial charge in [-0.15, -0.1) is 22.9 Å². The molecule has 1 atom stereocenters. The van der Waals surface area contributed by atoms with Crippen LogP contribution in [0.5, 0.6) is 0 Å². The van der Waals surface area contributed by atoms with Gasteiger partial charge in [-0.1, -0.05) is 19.1 Å². The van der Waals surface area contributed by atoms with Crippen molar-refractivity contribution in [2.75, 3.05) is 0 Å². The second kappa shape index (κ2) is 5.51. The van der Waals surface area contributed by atoms with Crippen molar-refractivity contribution in [1.29, 1.82) is 0 Å². The quantitative estimate of drug-likeness (QED) is 0.647. The zero-order chi connectivity index (χ0) is 12.4. The fourth-order valence-electron chi connectivity index (χ4n) is 1.59. The molecule has 0 spiro atoms. The number of hydrogen-bond donors (Lipinski definition) is 0. The molecule has 1 aromatic heterocycles. The number of benzene rings is 1. The van der Waals surface area contributed by atoms with Crippen LogP contribution in [0.15, 0.2) is 34.8 Å². The Morgan fingerprint density at radius 1 is 1.35 bits per heavy atom. The molecule has 2 aromatic rings. The smallest absolute Gasteiger partial charge is 0.137 e. The van der Waals surface area contributed by atoms with E-state index in [2.05, 4.69) is 28.9 Å². The normalized spacial score (nSPS) is 12.7. The number of hydrogen-bond acceptors (Lipinski definition) is 1. The minimum absolute atomic E-state index is 0.277. The topological polar surface area (TPSA) is 0 Å². The number of thiophene rings is 1. The summed E-state index contributed by atoms with van der Waals surface area (Å²) in [5.41, 5.74) is 0.774. The molecule has 1 aromatic carbocycles. The van der Waals surface area contributed by atoms with Crippen LogP contribution in [-0.4, -0.2) is 0 Å². The first-order valence-corrected chi connectivity index (χ1v) is 7.34. The molecule has 0 aliphatic rings. The molecule has 0 nitrogen and oxygen atoms in total. The van der Waals surface area contributed by atoms with Crippen LogP contribution in [0, 0.1) is 5.82 Å². The van der Waals surface area contributed by atoms with Gasteiger partial charge in [0, 0.05) is 9.75 Å². The monoisotopic (exact) mass is 332 g/mol. The Hall–Kier alpha value is -0.380. The lowest BCUT2D eigenvalue weighted by Gasteiger charge is -2.10. The van der Waals surface area contributed by atoms with Crippen molar-refractivity contribution in [1.82, 2.24) is 0 Å². The first-order chi connectivity index (χ1) is 8.13. The summed E-state index contributed by atoms with van der Waals surface area (Å²) in [5.74, 6) is -0.277. The van der Waals surface area contributed by atoms with Gasteiger partial charge in [0.15, 0.2) is 0 Å². The van der Waals surface area contributed by atoms with Crippen molar-refractivity contribution in [2.24, 2.45) is 0 Å². The van der Waals surface area contributed by atoms with Crippen molar-refractivity contribution in [3.05, 3.63) is 55.9 Å². The zero-order valence-corrected chi connectivity index (χ0v) is 12.4. The average molecular weight is 334 g/mol. The van der Waals surface area contributed by atoms with Gasteiger partial charge in [-0.3, -0.25) is 0 Å². The minimum Gasteiger partial charge on any atom is -0.206 e. The van der Waals surface area contributed by atoms with Gasteiger partial charge in [0.1, 0.15) is 5.82 Å². The molecule has 0 saturated carbocycles. The van der Waals surface area contributed by atoms with Crippen molar-refractivity contribution >= 4 is 38.9 Å². The van der Waals surface area contributed by atoms with Gasteiger partial charge >= 0.3 is 0 Å². The Morgan fingerprint density at radius 3 is 2.76 bits per heavy atom. The number of aryl methyl sites for hydroxylation is 1. The largest absolute Gasteiger partial charge is 0.206 e. The molecular weight excluding hydrogens is 323 g/mol. The van der Waals surface area contributed by atoms with Gasteiger partial charge in [-0.25, -0.2) is 4.39 Å². The summed E-state index contributed by atoms with van der Waals surface area (Å²) in [6.45, 7) is 2.11. The summed E-state index contributed by atoms with van der Waals surface area (Å²) in [4.78, 5) is 2.34. The third kappa shape index (κ3) is 2.72. The van der Waals surface area contributed by atoms with Crippen LogP contribution < -0.4 is 0 Å². The first kappa shape index (κ1) is 13.1. The van der Waals surface area contributed by atoms with Gasteiger partial charge < -0.3 is 0 Å². The van der Waals surface area contributed by atoms with Crippen molar-refractivity contribution < 1.29 is 4.39 Å². The zero-order valence-electron chi connectivity index (χ0n) is 9.21. The molecule has 4 heteroatoms. The molecule has 0 radical (unpaired) electrons. The molecular formula is C13H11BrClFS. The van der Waals surface area contributed by atoms with E-state index in [1.807, 2.05) is 12.1 Å². The molecule has 0 amide bonds. The van der Waals surface area contributed by atoms with Crippen LogP contribution in [0.2, 0.25) is 0 Å². The van der Waals surface area contributed by atoms with E-state index in [4.69, 9.17) is 11.6 Å². The number of alkyl halides is 1. The summed E-state index contributed by atoms with van der Waals surface area (Å²) in [5, 5.41) is -0.301. The Labute approximate surface area is 118 Å². The standard InChI is InChI=1S/C13H11BrClFS/c1-2-8-6-7-11(17-8)13(15)9-4-3-5-10(16)12(9)14/h3-7,13H,2H2,1H3. The highest BCUT2D eigenvalue weighted by Crippen LogP contribution is 2.38. The van der Waals surface area contributed by atoms with E-state index in [9.17, 15) is 4.39 Å². The molecule has 0 aliphatic carbocycles. The van der Waals surface area contributed by atoms with Crippen molar-refractivity contribution in [3.8, 4) is 0 Å². The summed E-state index contributed by atoms with van der Waals surface area (Å²) < 4.78 is 13.9. The van der Waals surface area contributed by atoms with Gasteiger partial charge in [0.25, 0.3) is 0 Å². The summed E-state index contributed by atoms with van der Waals surface area (Å²) in [6.07, 6.45) is 0.999. The minimum atomic E-state index is -0.301. The molecule has 17 heavy (non-hydrogen) atoms. The maximum atomic E-state index is 13.4. The van der Waals surface area contributed by atoms with E-state index in [0.29, 0.717) is 4.47 Å². The highest BCUT2D eigenvalue weighted by Gasteiger charge is 2.17. The fraction of sp³-hybridized carbons (Fsp3) is 0.231. The van der Waals surface area contributed by atoms with Crippen LogP contribution in [0.25, 0.3) is 0 Å². The van der Waals surface area contributed by atoms with Crippen LogP contribution in [0.4, 0.5) is 4.39 Å². The first-order valence-electron chi connectivity index (χ1n) is 5.30. The van der Waals surface area contributed by atoms with E-state index >= 15 is 0 Å². The Morgan fingerprint density at radius 2 is 2.12 bits per heavy atom. The maximum absolute atomic E-state index is 13.4. The Balaban J connectivity index is 2.36. The highest BCUT2D eigenvalue weighted by atomic mass is 79.9. The Bertz CT molecular complexity index is 524. The molecule has 0 bridgehead atoms. The summed E-state index contributed by atoms with van der Waals surface area (Å²) >= 11 is 11.3. The molecule has 2 rings (SSSR count). The maximum Gasteiger partial charge on any atom is 0.137 e. The molecule has 0 fully saturated rings. The lowest BCUT2D eigenvalue weighted by atomic mass is 10.1. The second-order valence-electron chi connectivity index (χ2n) is 3.66. The molecule has 1 unspecified atom stereocenters. The highest BCUT2D eigenvalue weighted by molar-refractivity contribution is 9.10. The van der Waals surface area contributed by atoms with E-state index in [1.54, 1.807) is 17.4 Å². The third-order valence-corrected chi connectivity index (χ3v) is 5.27. The SMILES string of the molecule is CCc1ccc(C(Cl)c2cccc(F)c2Br)s1. The summed E-state index contributed by atoms with van der Waals surface area (Å²) in [6, 6.07) is 9.03. The lowest BCUT2D eigenvalue weighted by molar-refractivity contribution is 0.618. The third-order valence-electron chi connectivity index (χ3n) is 2.54. The second-order valence-corrected chi connectivity index (χ2v) is 6.09. The predicted octanol–water partition coefficient (Wildman–Crippen LogP) is 5.54. The molecule has 0 aliphatic heterocycles. The fourth-order valence-corrected chi connectivity index (χ4v) is 3.55. The van der Waals surface area contributed by atoms with Crippen LogP contribution in [0.3, 0.4) is 0 Å². The van der Waals surface area contributed by atoms with Crippen molar-refractivity contribution in [3.63, 3.8) is 0 Å². The van der Waals surface area contributed by atoms with E-state index in [-0.39, 0.29) is 11.2 Å². The van der Waals surface area contributed by atoms with Crippen LogP contribution >= 0.6 is 38.9 Å². The molecule has 90 valence electrons. The summed E-state index contributed by atoms with van der Waals surface area (Å²) in [7, 11) is 0. The average Bonchev–Trinajstić information content (AvgIpc) is 2.80. The molecule has 0 N–H and O–H groups in total. The lowest BCUT2D eigenvalue weighted by Crippen LogP contribution is -1.93. The van der Waals surface area contributed by atoms with Crippen molar-refractivity contribution in [2.45, 2.75) is 18.7 Å². The molecule has 1 heterocycles. The number of halogens is 3.